The molecule has 0 aromatic heterocycles. The summed E-state index contributed by atoms with van der Waals surface area (Å²) < 4.78 is 14.9. The largest absolute Gasteiger partial charge is 0.313 e. The van der Waals surface area contributed by atoms with Crippen molar-refractivity contribution < 1.29 is 4.39 Å². The summed E-state index contributed by atoms with van der Waals surface area (Å²) in [4.78, 5) is 0. The smallest absolute Gasteiger partial charge is 0.129 e. The number of halogens is 2. The molecule has 0 heterocycles. The van der Waals surface area contributed by atoms with Crippen LogP contribution in [0.3, 0.4) is 0 Å². The summed E-state index contributed by atoms with van der Waals surface area (Å²) in [5, 5.41) is 3.31. The fourth-order valence-corrected chi connectivity index (χ4v) is 3.52. The molecule has 2 rings (SSSR count). The summed E-state index contributed by atoms with van der Waals surface area (Å²) in [5.74, 6) is 1.20. The SMILES string of the molecule is CNC(c1ccc(Br)cc1F)C1CCCC(C)C1. The van der Waals surface area contributed by atoms with Crippen molar-refractivity contribution in [1.82, 2.24) is 5.32 Å². The van der Waals surface area contributed by atoms with Crippen LogP contribution in [-0.4, -0.2) is 7.05 Å². The molecule has 1 aromatic rings. The van der Waals surface area contributed by atoms with Crippen LogP contribution in [0, 0.1) is 17.7 Å². The fourth-order valence-electron chi connectivity index (χ4n) is 3.18. The molecule has 1 aromatic carbocycles. The zero-order valence-corrected chi connectivity index (χ0v) is 12.6. The highest BCUT2D eigenvalue weighted by molar-refractivity contribution is 9.10. The van der Waals surface area contributed by atoms with Crippen molar-refractivity contribution in [3.05, 3.63) is 34.1 Å². The minimum absolute atomic E-state index is 0.109. The normalized spacial score (nSPS) is 26.0. The maximum absolute atomic E-state index is 14.1. The molecule has 1 fully saturated rings. The predicted molar refractivity (Wildman–Crippen MR) is 77.0 cm³/mol. The maximum Gasteiger partial charge on any atom is 0.129 e. The van der Waals surface area contributed by atoms with Crippen LogP contribution in [0.4, 0.5) is 4.39 Å². The van der Waals surface area contributed by atoms with Gasteiger partial charge in [0.2, 0.25) is 0 Å². The molecule has 1 N–H and O–H groups in total. The molecule has 0 spiro atoms. The van der Waals surface area contributed by atoms with Gasteiger partial charge < -0.3 is 5.32 Å². The molecule has 1 saturated carbocycles. The molecule has 0 aliphatic heterocycles. The fraction of sp³-hybridized carbons (Fsp3) is 0.600. The van der Waals surface area contributed by atoms with E-state index in [4.69, 9.17) is 0 Å². The highest BCUT2D eigenvalue weighted by Gasteiger charge is 2.28. The number of benzene rings is 1. The van der Waals surface area contributed by atoms with Crippen molar-refractivity contribution >= 4 is 15.9 Å². The van der Waals surface area contributed by atoms with E-state index < -0.39 is 0 Å². The average Bonchev–Trinajstić information content (AvgIpc) is 2.33. The van der Waals surface area contributed by atoms with E-state index in [2.05, 4.69) is 28.2 Å². The Kier molecular flexibility index (Phi) is 4.79. The summed E-state index contributed by atoms with van der Waals surface area (Å²) >= 11 is 3.31. The lowest BCUT2D eigenvalue weighted by Gasteiger charge is -2.33. The van der Waals surface area contributed by atoms with Crippen LogP contribution in [0.1, 0.15) is 44.2 Å². The minimum Gasteiger partial charge on any atom is -0.313 e. The third-order valence-electron chi connectivity index (χ3n) is 4.06. The van der Waals surface area contributed by atoms with E-state index in [0.29, 0.717) is 5.92 Å². The summed E-state index contributed by atoms with van der Waals surface area (Å²) in [6.45, 7) is 2.30. The van der Waals surface area contributed by atoms with E-state index in [1.807, 2.05) is 19.2 Å². The first kappa shape index (κ1) is 14.0. The van der Waals surface area contributed by atoms with E-state index in [9.17, 15) is 4.39 Å². The summed E-state index contributed by atoms with van der Waals surface area (Å²) in [7, 11) is 1.94. The van der Waals surface area contributed by atoms with Crippen molar-refractivity contribution in [3.63, 3.8) is 0 Å². The van der Waals surface area contributed by atoms with Crippen LogP contribution in [0.2, 0.25) is 0 Å². The van der Waals surface area contributed by atoms with Crippen molar-refractivity contribution in [2.45, 2.75) is 38.6 Å². The van der Waals surface area contributed by atoms with E-state index >= 15 is 0 Å². The van der Waals surface area contributed by atoms with Gasteiger partial charge in [-0.05, 0) is 43.9 Å². The van der Waals surface area contributed by atoms with Gasteiger partial charge in [0.25, 0.3) is 0 Å². The Balaban J connectivity index is 2.21. The van der Waals surface area contributed by atoms with Gasteiger partial charge in [-0.3, -0.25) is 0 Å². The van der Waals surface area contributed by atoms with Gasteiger partial charge in [-0.25, -0.2) is 4.39 Å². The van der Waals surface area contributed by atoms with Crippen LogP contribution in [-0.2, 0) is 0 Å². The summed E-state index contributed by atoms with van der Waals surface area (Å²) in [5.41, 5.74) is 0.805. The van der Waals surface area contributed by atoms with Crippen LogP contribution in [0.15, 0.2) is 22.7 Å². The second kappa shape index (κ2) is 6.16. The molecule has 0 amide bonds. The molecule has 1 nitrogen and oxygen atoms in total. The van der Waals surface area contributed by atoms with Gasteiger partial charge >= 0.3 is 0 Å². The molecule has 100 valence electrons. The Labute approximate surface area is 117 Å². The first-order chi connectivity index (χ1) is 8.61. The molecule has 18 heavy (non-hydrogen) atoms. The Bertz CT molecular complexity index is 407. The van der Waals surface area contributed by atoms with Crippen LogP contribution in [0.25, 0.3) is 0 Å². The highest BCUT2D eigenvalue weighted by Crippen LogP contribution is 2.38. The predicted octanol–water partition coefficient (Wildman–Crippen LogP) is 4.68. The molecule has 3 unspecified atom stereocenters. The van der Waals surface area contributed by atoms with E-state index in [1.54, 1.807) is 6.07 Å². The van der Waals surface area contributed by atoms with Gasteiger partial charge in [0.1, 0.15) is 5.82 Å². The molecule has 1 aliphatic rings. The van der Waals surface area contributed by atoms with Crippen molar-refractivity contribution in [3.8, 4) is 0 Å². The van der Waals surface area contributed by atoms with E-state index in [1.165, 1.54) is 25.7 Å². The molecular formula is C15H21BrFN. The molecule has 0 saturated heterocycles. The topological polar surface area (TPSA) is 12.0 Å². The van der Waals surface area contributed by atoms with Crippen LogP contribution < -0.4 is 5.32 Å². The second-order valence-corrected chi connectivity index (χ2v) is 6.38. The Morgan fingerprint density at radius 3 is 2.78 bits per heavy atom. The first-order valence-electron chi connectivity index (χ1n) is 6.74. The Morgan fingerprint density at radius 1 is 1.39 bits per heavy atom. The molecular weight excluding hydrogens is 293 g/mol. The molecule has 0 bridgehead atoms. The minimum atomic E-state index is -0.109. The first-order valence-corrected chi connectivity index (χ1v) is 7.53. The van der Waals surface area contributed by atoms with Crippen molar-refractivity contribution in [2.75, 3.05) is 7.05 Å². The third-order valence-corrected chi connectivity index (χ3v) is 4.55. The molecule has 3 heteroatoms. The van der Waals surface area contributed by atoms with E-state index in [-0.39, 0.29) is 11.9 Å². The number of rotatable bonds is 3. The van der Waals surface area contributed by atoms with Crippen molar-refractivity contribution in [2.24, 2.45) is 11.8 Å². The van der Waals surface area contributed by atoms with Crippen molar-refractivity contribution in [1.29, 1.82) is 0 Å². The van der Waals surface area contributed by atoms with Crippen LogP contribution >= 0.6 is 15.9 Å². The standard InChI is InChI=1S/C15H21BrFN/c1-10-4-3-5-11(8-10)15(18-2)13-7-6-12(16)9-14(13)17/h6-7,9-11,15,18H,3-5,8H2,1-2H3. The number of nitrogens with one attached hydrogen (secondary N) is 1. The highest BCUT2D eigenvalue weighted by atomic mass is 79.9. The Morgan fingerprint density at radius 2 is 2.17 bits per heavy atom. The summed E-state index contributed by atoms with van der Waals surface area (Å²) in [6, 6.07) is 5.53. The quantitative estimate of drug-likeness (QED) is 0.854. The lowest BCUT2D eigenvalue weighted by Crippen LogP contribution is -2.29. The van der Waals surface area contributed by atoms with Gasteiger partial charge in [0.05, 0.1) is 0 Å². The number of hydrogen-bond donors (Lipinski definition) is 1. The number of hydrogen-bond acceptors (Lipinski definition) is 1. The molecule has 3 atom stereocenters. The lowest BCUT2D eigenvalue weighted by atomic mass is 9.76. The van der Waals surface area contributed by atoms with Crippen LogP contribution in [0.5, 0.6) is 0 Å². The summed E-state index contributed by atoms with van der Waals surface area (Å²) in [6.07, 6.45) is 4.98. The van der Waals surface area contributed by atoms with Gasteiger partial charge in [-0.1, -0.05) is 41.8 Å². The second-order valence-electron chi connectivity index (χ2n) is 5.46. The van der Waals surface area contributed by atoms with Gasteiger partial charge in [0.15, 0.2) is 0 Å². The molecule has 1 aliphatic carbocycles. The zero-order valence-electron chi connectivity index (χ0n) is 11.0. The van der Waals surface area contributed by atoms with Gasteiger partial charge in [-0.15, -0.1) is 0 Å². The zero-order chi connectivity index (χ0) is 13.1. The molecule has 0 radical (unpaired) electrons. The monoisotopic (exact) mass is 313 g/mol. The average molecular weight is 314 g/mol. The van der Waals surface area contributed by atoms with Gasteiger partial charge in [-0.2, -0.15) is 0 Å². The van der Waals surface area contributed by atoms with E-state index in [0.717, 1.165) is 16.0 Å². The maximum atomic E-state index is 14.1. The Hall–Kier alpha value is -0.410. The lowest BCUT2D eigenvalue weighted by molar-refractivity contribution is 0.227. The third kappa shape index (κ3) is 3.12. The van der Waals surface area contributed by atoms with Gasteiger partial charge in [0, 0.05) is 16.1 Å².